The van der Waals surface area contributed by atoms with Crippen LogP contribution in [0.5, 0.6) is 0 Å². The molecule has 0 saturated carbocycles. The number of nitrogens with zero attached hydrogens (tertiary/aromatic N) is 6. The van der Waals surface area contributed by atoms with Crippen molar-refractivity contribution in [1.29, 1.82) is 0 Å². The second-order valence-electron chi connectivity index (χ2n) is 8.20. The Labute approximate surface area is 196 Å². The largest absolute Gasteiger partial charge is 0.354 e. The molecule has 176 valence electrons. The molecule has 0 bridgehead atoms. The normalized spacial score (nSPS) is 17.2. The van der Waals surface area contributed by atoms with Gasteiger partial charge in [-0.15, -0.1) is 0 Å². The van der Waals surface area contributed by atoms with Crippen LogP contribution in [0.15, 0.2) is 35.0 Å². The second kappa shape index (κ2) is 9.08. The Morgan fingerprint density at radius 1 is 1.24 bits per heavy atom. The molecule has 0 aliphatic carbocycles. The minimum Gasteiger partial charge on any atom is -0.354 e. The van der Waals surface area contributed by atoms with E-state index in [0.717, 1.165) is 19.4 Å². The number of carbonyl (C=O) groups is 2. The van der Waals surface area contributed by atoms with Crippen LogP contribution in [0, 0.1) is 0 Å². The van der Waals surface area contributed by atoms with Crippen molar-refractivity contribution < 1.29 is 14.1 Å². The van der Waals surface area contributed by atoms with Gasteiger partial charge in [0.15, 0.2) is 0 Å². The summed E-state index contributed by atoms with van der Waals surface area (Å²) in [5.74, 6) is 0.817. The molecule has 11 heteroatoms. The molecule has 1 aromatic carbocycles. The molecule has 34 heavy (non-hydrogen) atoms. The van der Waals surface area contributed by atoms with Gasteiger partial charge in [0.25, 0.3) is 5.91 Å². The number of nitrogens with one attached hydrogen (secondary N) is 2. The molecule has 1 atom stereocenters. The number of hydrogen-bond acceptors (Lipinski definition) is 9. The third-order valence-electron chi connectivity index (χ3n) is 6.00. The molecule has 3 aromatic rings. The first kappa shape index (κ1) is 21.8. The van der Waals surface area contributed by atoms with Crippen molar-refractivity contribution in [3.63, 3.8) is 0 Å². The van der Waals surface area contributed by atoms with Crippen molar-refractivity contribution in [2.75, 3.05) is 41.3 Å². The van der Waals surface area contributed by atoms with Gasteiger partial charge in [-0.2, -0.15) is 9.97 Å². The van der Waals surface area contributed by atoms with Crippen LogP contribution in [0.3, 0.4) is 0 Å². The molecule has 2 aromatic heterocycles. The molecule has 4 heterocycles. The maximum absolute atomic E-state index is 13.6. The lowest BCUT2D eigenvalue weighted by Gasteiger charge is -2.27. The van der Waals surface area contributed by atoms with Crippen LogP contribution in [0.25, 0.3) is 11.4 Å². The van der Waals surface area contributed by atoms with Gasteiger partial charge in [0.2, 0.25) is 11.8 Å². The number of rotatable bonds is 6. The molecule has 2 N–H and O–H groups in total. The first-order valence-corrected chi connectivity index (χ1v) is 11.5. The number of anilines is 3. The van der Waals surface area contributed by atoms with Crippen molar-refractivity contribution in [1.82, 2.24) is 25.4 Å². The van der Waals surface area contributed by atoms with E-state index in [1.807, 2.05) is 38.1 Å². The highest BCUT2D eigenvalue weighted by Gasteiger charge is 2.37. The smallest absolute Gasteiger partial charge is 0.316 e. The topological polar surface area (TPSA) is 129 Å². The number of hydrogen-bond donors (Lipinski definition) is 2. The predicted octanol–water partition coefficient (Wildman–Crippen LogP) is 2.34. The molecular weight excluding hydrogens is 436 g/mol. The van der Waals surface area contributed by atoms with Crippen molar-refractivity contribution in [3.8, 4) is 11.4 Å². The lowest BCUT2D eigenvalue weighted by Crippen LogP contribution is -2.39. The molecular formula is C23H26N8O3. The molecule has 2 aliphatic heterocycles. The summed E-state index contributed by atoms with van der Waals surface area (Å²) in [6.45, 7) is 6.34. The van der Waals surface area contributed by atoms with Crippen molar-refractivity contribution in [3.05, 3.63) is 41.9 Å². The maximum atomic E-state index is 13.6. The van der Waals surface area contributed by atoms with E-state index in [9.17, 15) is 9.59 Å². The first-order chi connectivity index (χ1) is 16.6. The monoisotopic (exact) mass is 462 g/mol. The van der Waals surface area contributed by atoms with Crippen LogP contribution in [0.2, 0.25) is 0 Å². The Hall–Kier alpha value is -4.02. The number of carbonyl (C=O) groups excluding carboxylic acids is 2. The van der Waals surface area contributed by atoms with Crippen LogP contribution < -0.4 is 20.4 Å². The zero-order chi connectivity index (χ0) is 23.7. The third kappa shape index (κ3) is 3.93. The van der Waals surface area contributed by atoms with Crippen LogP contribution in [0.1, 0.15) is 47.7 Å². The second-order valence-corrected chi connectivity index (χ2v) is 8.20. The van der Waals surface area contributed by atoms with E-state index < -0.39 is 5.91 Å². The number of benzene rings is 1. The van der Waals surface area contributed by atoms with Gasteiger partial charge in [-0.05, 0) is 38.8 Å². The van der Waals surface area contributed by atoms with E-state index in [-0.39, 0.29) is 23.7 Å². The van der Waals surface area contributed by atoms with Crippen LogP contribution in [0.4, 0.5) is 17.5 Å². The fourth-order valence-electron chi connectivity index (χ4n) is 4.43. The Morgan fingerprint density at radius 3 is 2.94 bits per heavy atom. The van der Waals surface area contributed by atoms with E-state index >= 15 is 0 Å². The van der Waals surface area contributed by atoms with Gasteiger partial charge in [0, 0.05) is 49.7 Å². The van der Waals surface area contributed by atoms with Gasteiger partial charge in [0.1, 0.15) is 11.4 Å². The van der Waals surface area contributed by atoms with Crippen LogP contribution in [-0.2, 0) is 0 Å². The summed E-state index contributed by atoms with van der Waals surface area (Å²) in [6, 6.07) is 7.53. The van der Waals surface area contributed by atoms with Crippen molar-refractivity contribution in [2.45, 2.75) is 32.7 Å². The molecule has 0 radical (unpaired) electrons. The summed E-state index contributed by atoms with van der Waals surface area (Å²) >= 11 is 0. The van der Waals surface area contributed by atoms with Gasteiger partial charge in [-0.1, -0.05) is 17.3 Å². The fraction of sp³-hybridized carbons (Fsp3) is 0.391. The Morgan fingerprint density at radius 2 is 2.12 bits per heavy atom. The summed E-state index contributed by atoms with van der Waals surface area (Å²) in [5.41, 5.74) is 1.84. The number of aromatic nitrogens is 4. The minimum atomic E-state index is -0.421. The predicted molar refractivity (Wildman–Crippen MR) is 126 cm³/mol. The Balaban J connectivity index is 1.49. The van der Waals surface area contributed by atoms with Gasteiger partial charge < -0.3 is 25.0 Å². The maximum Gasteiger partial charge on any atom is 0.316 e. The summed E-state index contributed by atoms with van der Waals surface area (Å²) in [6.07, 6.45) is 3.63. The third-order valence-corrected chi connectivity index (χ3v) is 6.00. The summed E-state index contributed by atoms with van der Waals surface area (Å²) in [7, 11) is 0. The minimum absolute atomic E-state index is 0.0998. The van der Waals surface area contributed by atoms with Gasteiger partial charge in [-0.25, -0.2) is 4.98 Å². The summed E-state index contributed by atoms with van der Waals surface area (Å²) < 4.78 is 5.11. The highest BCUT2D eigenvalue weighted by molar-refractivity contribution is 6.10. The van der Waals surface area contributed by atoms with Crippen molar-refractivity contribution >= 4 is 29.3 Å². The SMILES string of the molecule is CCNC(=O)c1nc(-c2cccc(N3C[C@@H]4CCCN4c4nc(NCC)ncc4C3=O)c2)no1. The highest BCUT2D eigenvalue weighted by atomic mass is 16.5. The fourth-order valence-corrected chi connectivity index (χ4v) is 4.43. The van der Waals surface area contributed by atoms with E-state index in [2.05, 4.69) is 35.6 Å². The summed E-state index contributed by atoms with van der Waals surface area (Å²) in [5, 5.41) is 9.71. The molecule has 11 nitrogen and oxygen atoms in total. The molecule has 1 fully saturated rings. The van der Waals surface area contributed by atoms with E-state index in [0.29, 0.717) is 48.2 Å². The highest BCUT2D eigenvalue weighted by Crippen LogP contribution is 2.34. The molecule has 5 rings (SSSR count). The van der Waals surface area contributed by atoms with Crippen LogP contribution in [-0.4, -0.2) is 64.1 Å². The summed E-state index contributed by atoms with van der Waals surface area (Å²) in [4.78, 5) is 42.9. The molecule has 2 aliphatic rings. The van der Waals surface area contributed by atoms with E-state index in [1.165, 1.54) is 0 Å². The van der Waals surface area contributed by atoms with E-state index in [1.54, 1.807) is 11.1 Å². The van der Waals surface area contributed by atoms with E-state index in [4.69, 9.17) is 4.52 Å². The number of fused-ring (bicyclic) bond motifs is 3. The number of amides is 2. The van der Waals surface area contributed by atoms with Gasteiger partial charge >= 0.3 is 11.8 Å². The molecule has 1 saturated heterocycles. The molecule has 2 amide bonds. The van der Waals surface area contributed by atoms with Crippen LogP contribution >= 0.6 is 0 Å². The van der Waals surface area contributed by atoms with Gasteiger partial charge in [-0.3, -0.25) is 9.59 Å². The zero-order valence-corrected chi connectivity index (χ0v) is 19.1. The Kier molecular flexibility index (Phi) is 5.83. The van der Waals surface area contributed by atoms with Gasteiger partial charge in [0.05, 0.1) is 0 Å². The lowest BCUT2D eigenvalue weighted by molar-refractivity contribution is 0.0911. The lowest BCUT2D eigenvalue weighted by atomic mass is 10.1. The standard InChI is InChI=1S/C23H26N8O3/c1-3-24-20(32)21-27-18(29-34-21)14-7-5-8-15(11-14)31-13-16-9-6-10-30(16)19-17(22(31)33)12-26-23(28-19)25-4-2/h5,7-8,11-12,16H,3-4,6,9-10,13H2,1-2H3,(H,24,32)(H,25,26,28)/t16-/m0/s1. The average Bonchev–Trinajstić information content (AvgIpc) is 3.51. The first-order valence-electron chi connectivity index (χ1n) is 11.5. The van der Waals surface area contributed by atoms with Crippen molar-refractivity contribution in [2.24, 2.45) is 0 Å². The average molecular weight is 463 g/mol. The molecule has 0 unspecified atom stereocenters. The molecule has 0 spiro atoms. The Bertz CT molecular complexity index is 1230. The quantitative estimate of drug-likeness (QED) is 0.567. The zero-order valence-electron chi connectivity index (χ0n) is 19.1.